The summed E-state index contributed by atoms with van der Waals surface area (Å²) < 4.78 is 37.9. The van der Waals surface area contributed by atoms with Gasteiger partial charge in [-0.15, -0.1) is 0 Å². The first-order valence-corrected chi connectivity index (χ1v) is 9.91. The van der Waals surface area contributed by atoms with E-state index in [0.717, 1.165) is 5.56 Å². The molecule has 0 saturated carbocycles. The van der Waals surface area contributed by atoms with E-state index >= 15 is 0 Å². The van der Waals surface area contributed by atoms with E-state index in [1.807, 2.05) is 13.8 Å². The number of rotatable bonds is 5. The summed E-state index contributed by atoms with van der Waals surface area (Å²) in [5.41, 5.74) is 1.44. The number of benzene rings is 1. The van der Waals surface area contributed by atoms with Gasteiger partial charge in [0.05, 0.1) is 18.1 Å². The summed E-state index contributed by atoms with van der Waals surface area (Å²) in [5.74, 6) is 0.700. The maximum Gasteiger partial charge on any atom is 0.409 e. The van der Waals surface area contributed by atoms with Gasteiger partial charge in [-0.3, -0.25) is 0 Å². The number of carbonyl (C=O) groups excluding carboxylic acids is 1. The number of ether oxygens (including phenoxy) is 2. The molecule has 0 spiro atoms. The lowest BCUT2D eigenvalue weighted by Crippen LogP contribution is -2.50. The van der Waals surface area contributed by atoms with Crippen LogP contribution in [-0.4, -0.2) is 63.1 Å². The lowest BCUT2D eigenvalue weighted by atomic mass is 10.1. The summed E-state index contributed by atoms with van der Waals surface area (Å²) in [6, 6.07) is 3.42. The van der Waals surface area contributed by atoms with Crippen LogP contribution < -0.4 is 4.74 Å². The zero-order valence-electron chi connectivity index (χ0n) is 15.2. The molecule has 8 heteroatoms. The Bertz CT molecular complexity index is 725. The van der Waals surface area contributed by atoms with Gasteiger partial charge in [-0.05, 0) is 51.0 Å². The molecule has 1 amide bonds. The van der Waals surface area contributed by atoms with E-state index in [4.69, 9.17) is 9.47 Å². The molecule has 2 rings (SSSR count). The highest BCUT2D eigenvalue weighted by atomic mass is 32.2. The van der Waals surface area contributed by atoms with Crippen LogP contribution in [0.1, 0.15) is 25.0 Å². The minimum absolute atomic E-state index is 0.257. The molecule has 7 nitrogen and oxygen atoms in total. The minimum Gasteiger partial charge on any atom is -0.494 e. The van der Waals surface area contributed by atoms with Crippen molar-refractivity contribution in [2.75, 3.05) is 39.4 Å². The van der Waals surface area contributed by atoms with Gasteiger partial charge in [0, 0.05) is 26.2 Å². The molecule has 0 atom stereocenters. The highest BCUT2D eigenvalue weighted by Gasteiger charge is 2.31. The number of amides is 1. The monoisotopic (exact) mass is 370 g/mol. The third kappa shape index (κ3) is 4.24. The van der Waals surface area contributed by atoms with E-state index in [1.165, 1.54) is 9.21 Å². The molecule has 0 N–H and O–H groups in total. The molecule has 25 heavy (non-hydrogen) atoms. The molecule has 0 radical (unpaired) electrons. The highest BCUT2D eigenvalue weighted by molar-refractivity contribution is 7.89. The Morgan fingerprint density at radius 2 is 1.68 bits per heavy atom. The summed E-state index contributed by atoms with van der Waals surface area (Å²) in [7, 11) is -3.61. The summed E-state index contributed by atoms with van der Waals surface area (Å²) in [6.07, 6.45) is -0.396. The van der Waals surface area contributed by atoms with Gasteiger partial charge in [-0.1, -0.05) is 0 Å². The summed E-state index contributed by atoms with van der Waals surface area (Å²) in [4.78, 5) is 13.6. The van der Waals surface area contributed by atoms with Gasteiger partial charge in [0.15, 0.2) is 0 Å². The van der Waals surface area contributed by atoms with Crippen LogP contribution >= 0.6 is 0 Å². The van der Waals surface area contributed by atoms with Crippen LogP contribution in [0.15, 0.2) is 17.0 Å². The third-order valence-electron chi connectivity index (χ3n) is 4.15. The van der Waals surface area contributed by atoms with Crippen LogP contribution in [0.2, 0.25) is 0 Å². The van der Waals surface area contributed by atoms with Gasteiger partial charge in [0.25, 0.3) is 0 Å². The summed E-state index contributed by atoms with van der Waals surface area (Å²) >= 11 is 0. The number of sulfonamides is 1. The average Bonchev–Trinajstić information content (AvgIpc) is 2.58. The van der Waals surface area contributed by atoms with E-state index < -0.39 is 16.1 Å². The first kappa shape index (κ1) is 19.5. The quantitative estimate of drug-likeness (QED) is 0.794. The van der Waals surface area contributed by atoms with Crippen molar-refractivity contribution in [2.24, 2.45) is 0 Å². The van der Waals surface area contributed by atoms with E-state index in [0.29, 0.717) is 37.6 Å². The molecule has 1 aliphatic rings. The second-order valence-corrected chi connectivity index (χ2v) is 7.81. The van der Waals surface area contributed by atoms with Crippen LogP contribution in [0.4, 0.5) is 4.79 Å². The van der Waals surface area contributed by atoms with Gasteiger partial charge in [-0.25, -0.2) is 13.2 Å². The molecule has 1 saturated heterocycles. The second-order valence-electron chi connectivity index (χ2n) is 5.91. The van der Waals surface area contributed by atoms with Gasteiger partial charge in [0.1, 0.15) is 5.75 Å². The molecule has 1 aromatic carbocycles. The van der Waals surface area contributed by atoms with Crippen LogP contribution in [0.25, 0.3) is 0 Å². The van der Waals surface area contributed by atoms with Crippen molar-refractivity contribution >= 4 is 16.1 Å². The molecule has 140 valence electrons. The van der Waals surface area contributed by atoms with E-state index in [9.17, 15) is 13.2 Å². The third-order valence-corrected chi connectivity index (χ3v) is 6.20. The van der Waals surface area contributed by atoms with Gasteiger partial charge in [0.2, 0.25) is 10.0 Å². The fourth-order valence-corrected chi connectivity index (χ4v) is 4.53. The molecular formula is C17H26N2O5S. The molecule has 1 aliphatic heterocycles. The smallest absolute Gasteiger partial charge is 0.409 e. The zero-order chi connectivity index (χ0) is 18.6. The Morgan fingerprint density at radius 3 is 2.24 bits per heavy atom. The molecule has 0 aromatic heterocycles. The second kappa shape index (κ2) is 8.05. The lowest BCUT2D eigenvalue weighted by Gasteiger charge is -2.33. The number of aryl methyl sites for hydroxylation is 2. The fraction of sp³-hybridized carbons (Fsp3) is 0.588. The van der Waals surface area contributed by atoms with Gasteiger partial charge >= 0.3 is 6.09 Å². The molecule has 1 fully saturated rings. The van der Waals surface area contributed by atoms with Gasteiger partial charge in [-0.2, -0.15) is 4.31 Å². The van der Waals surface area contributed by atoms with E-state index in [-0.39, 0.29) is 18.0 Å². The Morgan fingerprint density at radius 1 is 1.04 bits per heavy atom. The van der Waals surface area contributed by atoms with Gasteiger partial charge < -0.3 is 14.4 Å². The molecule has 1 aromatic rings. The Balaban J connectivity index is 2.17. The predicted octanol–water partition coefficient (Wildman–Crippen LogP) is 2.16. The van der Waals surface area contributed by atoms with Crippen molar-refractivity contribution < 1.29 is 22.7 Å². The molecule has 0 unspecified atom stereocenters. The first-order chi connectivity index (χ1) is 11.8. The highest BCUT2D eigenvalue weighted by Crippen LogP contribution is 2.28. The predicted molar refractivity (Wildman–Crippen MR) is 94.4 cm³/mol. The van der Waals surface area contributed by atoms with Crippen molar-refractivity contribution in [1.82, 2.24) is 9.21 Å². The lowest BCUT2D eigenvalue weighted by molar-refractivity contribution is 0.0934. The number of hydrogen-bond donors (Lipinski definition) is 0. The number of piperazine rings is 1. The SMILES string of the molecule is CCOC(=O)N1CCN(S(=O)(=O)c2cc(C)c(OCC)cc2C)CC1. The first-order valence-electron chi connectivity index (χ1n) is 8.47. The van der Waals surface area contributed by atoms with Crippen LogP contribution in [-0.2, 0) is 14.8 Å². The minimum atomic E-state index is -3.61. The average molecular weight is 370 g/mol. The number of carbonyl (C=O) groups is 1. The van der Waals surface area contributed by atoms with E-state index in [2.05, 4.69) is 0 Å². The van der Waals surface area contributed by atoms with Crippen molar-refractivity contribution in [3.05, 3.63) is 23.3 Å². The largest absolute Gasteiger partial charge is 0.494 e. The van der Waals surface area contributed by atoms with Crippen molar-refractivity contribution in [2.45, 2.75) is 32.6 Å². The molecule has 1 heterocycles. The normalized spacial score (nSPS) is 15.9. The zero-order valence-corrected chi connectivity index (χ0v) is 16.1. The van der Waals surface area contributed by atoms with Crippen molar-refractivity contribution in [3.63, 3.8) is 0 Å². The summed E-state index contributed by atoms with van der Waals surface area (Å²) in [5, 5.41) is 0. The standard InChI is InChI=1S/C17H26N2O5S/c1-5-23-15-11-14(4)16(12-13(15)3)25(21,22)19-9-7-18(8-10-19)17(20)24-6-2/h11-12H,5-10H2,1-4H3. The topological polar surface area (TPSA) is 76.2 Å². The van der Waals surface area contributed by atoms with Crippen LogP contribution in [0.3, 0.4) is 0 Å². The fourth-order valence-electron chi connectivity index (χ4n) is 2.82. The summed E-state index contributed by atoms with van der Waals surface area (Å²) in [6.45, 7) is 9.24. The number of hydrogen-bond acceptors (Lipinski definition) is 5. The maximum absolute atomic E-state index is 13.0. The molecule has 0 bridgehead atoms. The Kier molecular flexibility index (Phi) is 6.29. The Labute approximate surface area is 149 Å². The number of nitrogens with zero attached hydrogens (tertiary/aromatic N) is 2. The van der Waals surface area contributed by atoms with E-state index in [1.54, 1.807) is 26.0 Å². The molecular weight excluding hydrogens is 344 g/mol. The van der Waals surface area contributed by atoms with Crippen LogP contribution in [0.5, 0.6) is 5.75 Å². The maximum atomic E-state index is 13.0. The Hall–Kier alpha value is -1.80. The van der Waals surface area contributed by atoms with Crippen LogP contribution in [0, 0.1) is 13.8 Å². The molecule has 0 aliphatic carbocycles. The van der Waals surface area contributed by atoms with Crippen molar-refractivity contribution in [3.8, 4) is 5.75 Å². The van der Waals surface area contributed by atoms with Crippen molar-refractivity contribution in [1.29, 1.82) is 0 Å².